The maximum Gasteiger partial charge on any atom is 0.321 e. The first-order valence-electron chi connectivity index (χ1n) is 13.6. The van der Waals surface area contributed by atoms with E-state index in [0.29, 0.717) is 34.4 Å². The van der Waals surface area contributed by atoms with Crippen molar-refractivity contribution in [2.24, 2.45) is 0 Å². The van der Waals surface area contributed by atoms with Crippen LogP contribution in [0, 0.1) is 6.92 Å². The van der Waals surface area contributed by atoms with E-state index in [1.165, 1.54) is 11.0 Å². The molecule has 3 aromatic carbocycles. The molecule has 0 saturated heterocycles. The fraction of sp³-hybridized carbons (Fsp3) is 0.258. The second-order valence-corrected chi connectivity index (χ2v) is 13.3. The molecule has 0 spiro atoms. The molecule has 4 bridgehead atoms. The van der Waals surface area contributed by atoms with Crippen LogP contribution in [0.5, 0.6) is 0 Å². The summed E-state index contributed by atoms with van der Waals surface area (Å²) in [6, 6.07) is 16.1. The van der Waals surface area contributed by atoms with E-state index in [4.69, 9.17) is 0 Å². The summed E-state index contributed by atoms with van der Waals surface area (Å²) in [5, 5.41) is 9.57. The number of carbonyl (C=O) groups excluding carboxylic acids is 2. The van der Waals surface area contributed by atoms with E-state index >= 15 is 0 Å². The van der Waals surface area contributed by atoms with Gasteiger partial charge >= 0.3 is 6.03 Å². The first-order valence-corrected chi connectivity index (χ1v) is 15.1. The number of nitrogens with zero attached hydrogens (tertiary/aromatic N) is 1. The van der Waals surface area contributed by atoms with Crippen molar-refractivity contribution in [1.29, 1.82) is 0 Å². The molecular formula is C31H33N5O5S. The molecule has 3 amide bonds. The number of hydrogen-bond acceptors (Lipinski definition) is 6. The highest BCUT2D eigenvalue weighted by atomic mass is 32.2. The van der Waals surface area contributed by atoms with Crippen molar-refractivity contribution in [2.45, 2.75) is 50.0 Å². The molecule has 3 heterocycles. The lowest BCUT2D eigenvalue weighted by Crippen LogP contribution is -2.34. The first-order chi connectivity index (χ1) is 19.9. The third kappa shape index (κ3) is 5.73. The number of rotatable bonds is 4. The Bertz CT molecular complexity index is 1870. The molecule has 0 aliphatic carbocycles. The number of benzene rings is 3. The number of pyridine rings is 1. The van der Waals surface area contributed by atoms with Gasteiger partial charge in [0.15, 0.2) is 9.84 Å². The molecule has 0 saturated carbocycles. The molecule has 1 unspecified atom stereocenters. The summed E-state index contributed by atoms with van der Waals surface area (Å²) in [6.45, 7) is 5.34. The first kappa shape index (κ1) is 28.9. The van der Waals surface area contributed by atoms with Gasteiger partial charge in [-0.1, -0.05) is 24.3 Å². The van der Waals surface area contributed by atoms with Gasteiger partial charge in [-0.3, -0.25) is 9.59 Å². The average molecular weight is 588 g/mol. The van der Waals surface area contributed by atoms with Crippen LogP contribution in [0.3, 0.4) is 0 Å². The second-order valence-electron chi connectivity index (χ2n) is 10.8. The second kappa shape index (κ2) is 11.3. The number of urea groups is 1. The topological polar surface area (TPSA) is 140 Å². The van der Waals surface area contributed by atoms with Crippen LogP contribution in [0.25, 0.3) is 10.8 Å². The number of aromatic nitrogens is 1. The minimum Gasteiger partial charge on any atom is -0.370 e. The molecule has 218 valence electrons. The van der Waals surface area contributed by atoms with Gasteiger partial charge < -0.3 is 25.8 Å². The maximum absolute atomic E-state index is 13.8. The number of hydrogen-bond donors (Lipinski definition) is 4. The highest BCUT2D eigenvalue weighted by Gasteiger charge is 2.26. The third-order valence-electron chi connectivity index (χ3n) is 7.49. The molecule has 1 aromatic heterocycles. The van der Waals surface area contributed by atoms with Crippen LogP contribution >= 0.6 is 0 Å². The van der Waals surface area contributed by atoms with Crippen molar-refractivity contribution in [3.63, 3.8) is 0 Å². The Balaban J connectivity index is 1.59. The van der Waals surface area contributed by atoms with E-state index in [0.717, 1.165) is 16.5 Å². The van der Waals surface area contributed by atoms with E-state index in [9.17, 15) is 22.8 Å². The largest absolute Gasteiger partial charge is 0.370 e. The highest BCUT2D eigenvalue weighted by molar-refractivity contribution is 7.92. The van der Waals surface area contributed by atoms with Crippen molar-refractivity contribution in [1.82, 2.24) is 15.2 Å². The van der Waals surface area contributed by atoms with Crippen molar-refractivity contribution in [3.8, 4) is 0 Å². The molecule has 0 fully saturated rings. The van der Waals surface area contributed by atoms with Crippen molar-refractivity contribution < 1.29 is 18.0 Å². The maximum atomic E-state index is 13.8. The van der Waals surface area contributed by atoms with E-state index in [1.54, 1.807) is 63.5 Å². The van der Waals surface area contributed by atoms with Crippen LogP contribution in [0.2, 0.25) is 0 Å². The number of fused-ring (bicyclic) bond motifs is 9. The van der Waals surface area contributed by atoms with Gasteiger partial charge in [0.2, 0.25) is 5.91 Å². The van der Waals surface area contributed by atoms with Crippen LogP contribution < -0.4 is 21.5 Å². The predicted molar refractivity (Wildman–Crippen MR) is 163 cm³/mol. The molecule has 4 N–H and O–H groups in total. The summed E-state index contributed by atoms with van der Waals surface area (Å²) in [4.78, 5) is 43.5. The number of amides is 3. The monoisotopic (exact) mass is 587 g/mol. The Hall–Kier alpha value is -4.64. The Morgan fingerprint density at radius 3 is 2.48 bits per heavy atom. The number of anilines is 2. The van der Waals surface area contributed by atoms with E-state index in [-0.39, 0.29) is 23.0 Å². The molecule has 4 aromatic rings. The molecule has 11 heteroatoms. The summed E-state index contributed by atoms with van der Waals surface area (Å²) in [5.41, 5.74) is 3.56. The van der Waals surface area contributed by atoms with Gasteiger partial charge in [0, 0.05) is 43.1 Å². The zero-order chi connectivity index (χ0) is 30.2. The lowest BCUT2D eigenvalue weighted by Gasteiger charge is -2.22. The van der Waals surface area contributed by atoms with Crippen LogP contribution in [-0.4, -0.2) is 42.5 Å². The predicted octanol–water partition coefficient (Wildman–Crippen LogP) is 4.47. The van der Waals surface area contributed by atoms with Crippen LogP contribution in [0.15, 0.2) is 76.6 Å². The van der Waals surface area contributed by atoms with Crippen LogP contribution in [0.4, 0.5) is 16.2 Å². The van der Waals surface area contributed by atoms with Gasteiger partial charge in [-0.15, -0.1) is 0 Å². The number of aromatic amines is 1. The Morgan fingerprint density at radius 2 is 1.74 bits per heavy atom. The summed E-state index contributed by atoms with van der Waals surface area (Å²) in [5.74, 6) is -0.390. The smallest absolute Gasteiger partial charge is 0.321 e. The number of H-pyrrole nitrogens is 1. The number of sulfone groups is 1. The molecule has 42 heavy (non-hydrogen) atoms. The quantitative estimate of drug-likeness (QED) is 0.278. The van der Waals surface area contributed by atoms with Crippen molar-refractivity contribution in [2.75, 3.05) is 17.7 Å². The minimum absolute atomic E-state index is 0.0894. The fourth-order valence-electron chi connectivity index (χ4n) is 4.97. The molecule has 1 atom stereocenters. The normalized spacial score (nSPS) is 16.1. The number of aryl methyl sites for hydroxylation is 1. The average Bonchev–Trinajstić information content (AvgIpc) is 2.95. The lowest BCUT2D eigenvalue weighted by atomic mass is 9.99. The van der Waals surface area contributed by atoms with Gasteiger partial charge in [0.1, 0.15) is 6.04 Å². The molecule has 0 radical (unpaired) electrons. The zero-order valence-electron chi connectivity index (χ0n) is 23.8. The number of carbonyl (C=O) groups is 2. The van der Waals surface area contributed by atoms with Crippen molar-refractivity contribution >= 4 is 43.9 Å². The summed E-state index contributed by atoms with van der Waals surface area (Å²) in [6.07, 6.45) is 1.58. The number of nitrogens with one attached hydrogen (secondary N) is 4. The van der Waals surface area contributed by atoms with Gasteiger partial charge in [0.25, 0.3) is 5.56 Å². The molecule has 10 nitrogen and oxygen atoms in total. The zero-order valence-corrected chi connectivity index (χ0v) is 24.6. The van der Waals surface area contributed by atoms with Gasteiger partial charge in [-0.25, -0.2) is 13.2 Å². The summed E-state index contributed by atoms with van der Waals surface area (Å²) < 4.78 is 26.3. The van der Waals surface area contributed by atoms with E-state index in [2.05, 4.69) is 20.9 Å². The van der Waals surface area contributed by atoms with Gasteiger partial charge in [-0.05, 0) is 84.8 Å². The SMILES string of the molecule is Cc1cc2ccc1CN(C)C(=O)Nc1ccc(S(=O)(=O)C(C)C)c(c1)CNC(=O)C2Nc1ccc2cc[nH]c(=O)c2c1. The van der Waals surface area contributed by atoms with Crippen molar-refractivity contribution in [3.05, 3.63) is 99.5 Å². The fourth-order valence-corrected chi connectivity index (χ4v) is 6.24. The molecule has 2 aliphatic rings. The van der Waals surface area contributed by atoms with Crippen LogP contribution in [-0.2, 0) is 27.7 Å². The minimum atomic E-state index is -3.68. The Kier molecular flexibility index (Phi) is 7.79. The van der Waals surface area contributed by atoms with Gasteiger partial charge in [0.05, 0.1) is 10.1 Å². The molecule has 2 aliphatic heterocycles. The van der Waals surface area contributed by atoms with E-state index < -0.39 is 27.0 Å². The highest BCUT2D eigenvalue weighted by Crippen LogP contribution is 2.28. The Morgan fingerprint density at radius 1 is 0.952 bits per heavy atom. The standard InChI is InChI=1S/C31H33N5O5S/c1-18(2)42(40,41)27-10-9-24-14-23(27)16-33-30(38)28(34-25-8-7-20-11-12-32-29(37)26(20)15-25)21-5-6-22(19(3)13-21)17-36(4)31(39)35-24/h5-15,18,28,34H,16-17H2,1-4H3,(H,32,37)(H,33,38)(H,35,39). The third-order valence-corrected chi connectivity index (χ3v) is 9.75. The molecular weight excluding hydrogens is 554 g/mol. The van der Waals surface area contributed by atoms with E-state index in [1.807, 2.05) is 25.1 Å². The lowest BCUT2D eigenvalue weighted by molar-refractivity contribution is -0.122. The summed E-state index contributed by atoms with van der Waals surface area (Å²) >= 11 is 0. The van der Waals surface area contributed by atoms with Gasteiger partial charge in [-0.2, -0.15) is 0 Å². The summed E-state index contributed by atoms with van der Waals surface area (Å²) in [7, 11) is -2.01. The van der Waals surface area contributed by atoms with Crippen LogP contribution in [0.1, 0.15) is 42.1 Å². The molecule has 6 rings (SSSR count). The Labute approximate surface area is 244 Å².